The van der Waals surface area contributed by atoms with E-state index in [9.17, 15) is 9.59 Å². The second kappa shape index (κ2) is 5.36. The highest BCUT2D eigenvalue weighted by molar-refractivity contribution is 6.18. The molecule has 0 saturated heterocycles. The van der Waals surface area contributed by atoms with Crippen molar-refractivity contribution in [3.8, 4) is 0 Å². The zero-order valence-corrected chi connectivity index (χ0v) is 9.28. The van der Waals surface area contributed by atoms with E-state index >= 15 is 0 Å². The molecule has 7 nitrogen and oxygen atoms in total. The molecule has 88 valence electrons. The summed E-state index contributed by atoms with van der Waals surface area (Å²) in [5, 5.41) is 17.2. The Morgan fingerprint density at radius 1 is 1.62 bits per heavy atom. The predicted octanol–water partition coefficient (Wildman–Crippen LogP) is 1.08. The molecule has 1 aromatic rings. The average molecular weight is 247 g/mol. The lowest BCUT2D eigenvalue weighted by Gasteiger charge is -2.02. The molecule has 1 aromatic heterocycles. The quantitative estimate of drug-likeness (QED) is 0.695. The Kier molecular flexibility index (Phi) is 4.12. The Balaban J connectivity index is 2.64. The van der Waals surface area contributed by atoms with Gasteiger partial charge in [0.2, 0.25) is 0 Å². The Morgan fingerprint density at radius 2 is 2.31 bits per heavy atom. The van der Waals surface area contributed by atoms with Crippen LogP contribution in [-0.4, -0.2) is 39.4 Å². The van der Waals surface area contributed by atoms with Gasteiger partial charge in [0.05, 0.1) is 0 Å². The van der Waals surface area contributed by atoms with Gasteiger partial charge in [-0.05, 0) is 6.92 Å². The van der Waals surface area contributed by atoms with E-state index < -0.39 is 12.1 Å². The molecule has 0 fully saturated rings. The van der Waals surface area contributed by atoms with Crippen LogP contribution >= 0.6 is 11.6 Å². The lowest BCUT2D eigenvalue weighted by Crippen LogP contribution is -2.30. The van der Waals surface area contributed by atoms with Crippen LogP contribution in [0.15, 0.2) is 6.07 Å². The predicted molar refractivity (Wildman–Crippen MR) is 58.1 cm³/mol. The van der Waals surface area contributed by atoms with Crippen molar-refractivity contribution in [1.82, 2.24) is 15.1 Å². The summed E-state index contributed by atoms with van der Waals surface area (Å²) in [5.74, 6) is 0.475. The summed E-state index contributed by atoms with van der Waals surface area (Å²) in [4.78, 5) is 21.8. The first-order valence-electron chi connectivity index (χ1n) is 4.45. The highest BCUT2D eigenvalue weighted by atomic mass is 35.5. The van der Waals surface area contributed by atoms with Crippen molar-refractivity contribution >= 4 is 29.5 Å². The smallest absolute Gasteiger partial charge is 0.432 e. The number of aryl methyl sites for hydroxylation is 1. The van der Waals surface area contributed by atoms with Crippen LogP contribution in [0.2, 0.25) is 0 Å². The summed E-state index contributed by atoms with van der Waals surface area (Å²) in [6, 6.07) is 0.977. The van der Waals surface area contributed by atoms with Crippen LogP contribution in [0.4, 0.5) is 15.4 Å². The van der Waals surface area contributed by atoms with E-state index in [1.54, 1.807) is 6.92 Å². The molecule has 0 bridgehead atoms. The fraction of sp³-hybridized carbons (Fsp3) is 0.375. The first-order valence-corrected chi connectivity index (χ1v) is 4.99. The fourth-order valence-electron chi connectivity index (χ4n) is 1.05. The Morgan fingerprint density at radius 3 is 2.81 bits per heavy atom. The molecule has 0 spiro atoms. The summed E-state index contributed by atoms with van der Waals surface area (Å²) in [6.45, 7) is 1.90. The first kappa shape index (κ1) is 12.3. The van der Waals surface area contributed by atoms with E-state index in [-0.39, 0.29) is 5.82 Å². The van der Waals surface area contributed by atoms with Gasteiger partial charge in [0.15, 0.2) is 5.82 Å². The Labute approximate surface area is 96.4 Å². The van der Waals surface area contributed by atoms with Crippen LogP contribution in [0.1, 0.15) is 5.69 Å². The first-order chi connectivity index (χ1) is 7.54. The van der Waals surface area contributed by atoms with E-state index in [0.29, 0.717) is 18.1 Å². The molecular weight excluding hydrogens is 236 g/mol. The van der Waals surface area contributed by atoms with Gasteiger partial charge in [0.25, 0.3) is 0 Å². The lowest BCUT2D eigenvalue weighted by atomic mass is 10.4. The molecule has 0 radical (unpaired) electrons. The second-order valence-corrected chi connectivity index (χ2v) is 3.31. The van der Waals surface area contributed by atoms with Gasteiger partial charge < -0.3 is 10.4 Å². The Hall–Kier alpha value is -1.76. The number of nitrogens with one attached hydrogen (secondary N) is 2. The number of nitrogens with zero attached hydrogens (tertiary/aromatic N) is 2. The lowest BCUT2D eigenvalue weighted by molar-refractivity contribution is 0.192. The molecule has 0 atom stereocenters. The van der Waals surface area contributed by atoms with Gasteiger partial charge >= 0.3 is 12.1 Å². The number of amides is 2. The Bertz CT molecular complexity index is 404. The van der Waals surface area contributed by atoms with Gasteiger partial charge in [-0.25, -0.2) is 9.59 Å². The minimum Gasteiger partial charge on any atom is -0.463 e. The monoisotopic (exact) mass is 246 g/mol. The zero-order chi connectivity index (χ0) is 12.1. The second-order valence-electron chi connectivity index (χ2n) is 2.94. The molecule has 0 aliphatic carbocycles. The number of carbonyl (C=O) groups is 2. The topological polar surface area (TPSA) is 96.3 Å². The fourth-order valence-corrected chi connectivity index (χ4v) is 1.14. The van der Waals surface area contributed by atoms with Gasteiger partial charge in [-0.1, -0.05) is 0 Å². The van der Waals surface area contributed by atoms with Crippen molar-refractivity contribution < 1.29 is 14.7 Å². The zero-order valence-electron chi connectivity index (χ0n) is 8.53. The van der Waals surface area contributed by atoms with Gasteiger partial charge in [-0.15, -0.1) is 16.7 Å². The number of carboxylic acid groups (broad SMARTS) is 1. The van der Waals surface area contributed by atoms with Gasteiger partial charge in [0.1, 0.15) is 0 Å². The summed E-state index contributed by atoms with van der Waals surface area (Å²) in [6.07, 6.45) is -1.20. The van der Waals surface area contributed by atoms with E-state index in [0.717, 1.165) is 4.68 Å². The number of anilines is 1. The third-order valence-corrected chi connectivity index (χ3v) is 1.88. The summed E-state index contributed by atoms with van der Waals surface area (Å²) >= 11 is 5.38. The summed E-state index contributed by atoms with van der Waals surface area (Å²) in [7, 11) is 0. The minimum absolute atomic E-state index is 0.173. The maximum atomic E-state index is 11.2. The van der Waals surface area contributed by atoms with E-state index in [2.05, 4.69) is 15.7 Å². The SMILES string of the molecule is Cc1cc(NC(=O)NCCCl)nn1C(=O)O. The summed E-state index contributed by atoms with van der Waals surface area (Å²) < 4.78 is 0.775. The third-order valence-electron chi connectivity index (χ3n) is 1.69. The molecule has 0 aromatic carbocycles. The average Bonchev–Trinajstić information content (AvgIpc) is 2.56. The molecule has 8 heteroatoms. The number of aromatic nitrogens is 2. The van der Waals surface area contributed by atoms with Crippen LogP contribution in [0.5, 0.6) is 0 Å². The van der Waals surface area contributed by atoms with E-state index in [1.807, 2.05) is 0 Å². The van der Waals surface area contributed by atoms with Crippen LogP contribution in [-0.2, 0) is 0 Å². The van der Waals surface area contributed by atoms with Crippen LogP contribution in [0.25, 0.3) is 0 Å². The maximum absolute atomic E-state index is 11.2. The number of urea groups is 1. The number of hydrogen-bond donors (Lipinski definition) is 3. The number of rotatable bonds is 3. The number of carbonyl (C=O) groups excluding carboxylic acids is 1. The molecule has 0 unspecified atom stereocenters. The molecule has 16 heavy (non-hydrogen) atoms. The van der Waals surface area contributed by atoms with Crippen LogP contribution in [0.3, 0.4) is 0 Å². The van der Waals surface area contributed by atoms with Gasteiger partial charge in [0, 0.05) is 24.2 Å². The summed E-state index contributed by atoms with van der Waals surface area (Å²) in [5.41, 5.74) is 0.417. The standard InChI is InChI=1S/C8H11ClN4O3/c1-5-4-6(12-13(5)8(15)16)11-7(14)10-3-2-9/h4H,2-3H2,1H3,(H,15,16)(H2,10,11,12,14). The van der Waals surface area contributed by atoms with Crippen molar-refractivity contribution in [3.05, 3.63) is 11.8 Å². The van der Waals surface area contributed by atoms with E-state index in [1.165, 1.54) is 6.07 Å². The largest absolute Gasteiger partial charge is 0.463 e. The van der Waals surface area contributed by atoms with Crippen molar-refractivity contribution in [1.29, 1.82) is 0 Å². The van der Waals surface area contributed by atoms with Crippen LogP contribution in [0, 0.1) is 6.92 Å². The molecule has 1 heterocycles. The molecule has 3 N–H and O–H groups in total. The van der Waals surface area contributed by atoms with Crippen molar-refractivity contribution in [2.24, 2.45) is 0 Å². The van der Waals surface area contributed by atoms with Crippen LogP contribution < -0.4 is 10.6 Å². The third kappa shape index (κ3) is 3.13. The molecular formula is C8H11ClN4O3. The van der Waals surface area contributed by atoms with Gasteiger partial charge in [-0.2, -0.15) is 4.68 Å². The highest BCUT2D eigenvalue weighted by Gasteiger charge is 2.11. The minimum atomic E-state index is -1.20. The molecule has 1 rings (SSSR count). The van der Waals surface area contributed by atoms with Crippen molar-refractivity contribution in [3.63, 3.8) is 0 Å². The van der Waals surface area contributed by atoms with Gasteiger partial charge in [-0.3, -0.25) is 5.32 Å². The number of alkyl halides is 1. The van der Waals surface area contributed by atoms with E-state index in [4.69, 9.17) is 16.7 Å². The molecule has 0 saturated carbocycles. The number of halogens is 1. The van der Waals surface area contributed by atoms with Crippen molar-refractivity contribution in [2.45, 2.75) is 6.92 Å². The highest BCUT2D eigenvalue weighted by Crippen LogP contribution is 2.07. The molecule has 0 aliphatic heterocycles. The molecule has 0 aliphatic rings. The number of hydrogen-bond acceptors (Lipinski definition) is 3. The molecule has 2 amide bonds. The van der Waals surface area contributed by atoms with Crippen molar-refractivity contribution in [2.75, 3.05) is 17.7 Å². The maximum Gasteiger partial charge on any atom is 0.432 e. The normalized spacial score (nSPS) is 9.88.